The number of ether oxygens (including phenoxy) is 1. The fourth-order valence-electron chi connectivity index (χ4n) is 2.03. The lowest BCUT2D eigenvalue weighted by molar-refractivity contribution is -0.145. The van der Waals surface area contributed by atoms with Gasteiger partial charge in [-0.1, -0.05) is 6.07 Å². The number of rotatable bonds is 3. The van der Waals surface area contributed by atoms with E-state index in [-0.39, 0.29) is 10.7 Å². The third kappa shape index (κ3) is 2.34. The molecule has 0 heterocycles. The molecule has 0 spiro atoms. The van der Waals surface area contributed by atoms with E-state index in [4.69, 9.17) is 4.74 Å². The molecule has 1 aromatic carbocycles. The molecule has 0 amide bonds. The fraction of sp³-hybridized carbons (Fsp3) is 0.500. The van der Waals surface area contributed by atoms with Gasteiger partial charge in [-0.05, 0) is 56.4 Å². The van der Waals surface area contributed by atoms with Gasteiger partial charge >= 0.3 is 5.97 Å². The molecule has 0 aromatic heterocycles. The molecule has 0 atom stereocenters. The number of methoxy groups -OCH3 is 1. The molecular weight excluding hydrogens is 232 g/mol. The van der Waals surface area contributed by atoms with Crippen LogP contribution in [-0.2, 0) is 9.53 Å². The van der Waals surface area contributed by atoms with Crippen molar-refractivity contribution in [3.8, 4) is 0 Å². The zero-order chi connectivity index (χ0) is 12.5. The van der Waals surface area contributed by atoms with Crippen LogP contribution in [0.2, 0.25) is 0 Å². The Morgan fingerprint density at radius 3 is 2.47 bits per heavy atom. The highest BCUT2D eigenvalue weighted by molar-refractivity contribution is 8.01. The van der Waals surface area contributed by atoms with E-state index in [0.717, 1.165) is 19.3 Å². The second-order valence-corrected chi connectivity index (χ2v) is 6.14. The van der Waals surface area contributed by atoms with Crippen LogP contribution in [0.15, 0.2) is 23.1 Å². The Kier molecular flexibility index (Phi) is 3.48. The molecule has 3 heteroatoms. The van der Waals surface area contributed by atoms with Gasteiger partial charge in [-0.3, -0.25) is 4.79 Å². The van der Waals surface area contributed by atoms with Gasteiger partial charge in [-0.25, -0.2) is 0 Å². The summed E-state index contributed by atoms with van der Waals surface area (Å²) in [7, 11) is 1.48. The van der Waals surface area contributed by atoms with Gasteiger partial charge in [0, 0.05) is 4.90 Å². The summed E-state index contributed by atoms with van der Waals surface area (Å²) < 4.78 is 4.60. The number of carbonyl (C=O) groups is 1. The average Bonchev–Trinajstić information content (AvgIpc) is 2.27. The number of hydrogen-bond donors (Lipinski definition) is 0. The monoisotopic (exact) mass is 250 g/mol. The van der Waals surface area contributed by atoms with E-state index in [2.05, 4.69) is 32.0 Å². The van der Waals surface area contributed by atoms with Crippen LogP contribution in [0.5, 0.6) is 0 Å². The highest BCUT2D eigenvalue weighted by Gasteiger charge is 2.46. The molecule has 1 saturated carbocycles. The van der Waals surface area contributed by atoms with Crippen molar-refractivity contribution in [3.05, 3.63) is 29.3 Å². The third-order valence-electron chi connectivity index (χ3n) is 3.51. The number of esters is 1. The molecular formula is C14H18O2S. The van der Waals surface area contributed by atoms with Gasteiger partial charge in [0.05, 0.1) is 7.11 Å². The molecule has 0 N–H and O–H groups in total. The topological polar surface area (TPSA) is 26.3 Å². The second kappa shape index (κ2) is 4.73. The lowest BCUT2D eigenvalue weighted by Gasteiger charge is -2.38. The maximum atomic E-state index is 11.8. The summed E-state index contributed by atoms with van der Waals surface area (Å²) in [4.78, 5) is 13.0. The molecule has 0 bridgehead atoms. The molecule has 1 aliphatic rings. The predicted octanol–water partition coefficient (Wildman–Crippen LogP) is 3.49. The summed E-state index contributed by atoms with van der Waals surface area (Å²) in [5.41, 5.74) is 2.56. The third-order valence-corrected chi connectivity index (χ3v) is 4.97. The molecule has 0 saturated heterocycles. The van der Waals surface area contributed by atoms with Crippen LogP contribution < -0.4 is 0 Å². The van der Waals surface area contributed by atoms with E-state index in [1.807, 2.05) is 0 Å². The summed E-state index contributed by atoms with van der Waals surface area (Å²) in [6.45, 7) is 4.20. The largest absolute Gasteiger partial charge is 0.468 e. The van der Waals surface area contributed by atoms with Crippen LogP contribution in [0.3, 0.4) is 0 Å². The number of aryl methyl sites for hydroxylation is 2. The van der Waals surface area contributed by atoms with Crippen LogP contribution in [0.4, 0.5) is 0 Å². The molecule has 0 radical (unpaired) electrons. The summed E-state index contributed by atoms with van der Waals surface area (Å²) in [6, 6.07) is 6.36. The van der Waals surface area contributed by atoms with E-state index in [1.54, 1.807) is 11.8 Å². The highest BCUT2D eigenvalue weighted by Crippen LogP contribution is 2.48. The van der Waals surface area contributed by atoms with E-state index in [1.165, 1.54) is 23.1 Å². The van der Waals surface area contributed by atoms with Crippen molar-refractivity contribution in [2.24, 2.45) is 0 Å². The van der Waals surface area contributed by atoms with E-state index >= 15 is 0 Å². The Morgan fingerprint density at radius 1 is 1.29 bits per heavy atom. The maximum absolute atomic E-state index is 11.8. The van der Waals surface area contributed by atoms with Crippen molar-refractivity contribution in [1.82, 2.24) is 0 Å². The van der Waals surface area contributed by atoms with Crippen LogP contribution >= 0.6 is 11.8 Å². The van der Waals surface area contributed by atoms with Crippen molar-refractivity contribution in [3.63, 3.8) is 0 Å². The summed E-state index contributed by atoms with van der Waals surface area (Å²) in [5.74, 6) is -0.0769. The summed E-state index contributed by atoms with van der Waals surface area (Å²) in [5, 5.41) is 0. The Morgan fingerprint density at radius 2 is 2.00 bits per heavy atom. The number of thioether (sulfide) groups is 1. The lowest BCUT2D eigenvalue weighted by atomic mass is 9.84. The van der Waals surface area contributed by atoms with Crippen molar-refractivity contribution in [1.29, 1.82) is 0 Å². The maximum Gasteiger partial charge on any atom is 0.322 e. The molecule has 2 rings (SSSR count). The van der Waals surface area contributed by atoms with E-state index in [9.17, 15) is 4.79 Å². The van der Waals surface area contributed by atoms with Crippen molar-refractivity contribution in [2.75, 3.05) is 7.11 Å². The number of carbonyl (C=O) groups excluding carboxylic acids is 1. The van der Waals surface area contributed by atoms with Crippen LogP contribution in [0, 0.1) is 13.8 Å². The van der Waals surface area contributed by atoms with Crippen molar-refractivity contribution < 1.29 is 9.53 Å². The number of benzene rings is 1. The van der Waals surface area contributed by atoms with Crippen molar-refractivity contribution >= 4 is 17.7 Å². The Balaban J connectivity index is 2.18. The zero-order valence-electron chi connectivity index (χ0n) is 10.6. The fourth-order valence-corrected chi connectivity index (χ4v) is 3.52. The molecule has 1 fully saturated rings. The summed E-state index contributed by atoms with van der Waals surface area (Å²) in [6.07, 6.45) is 2.97. The first-order valence-corrected chi connectivity index (χ1v) is 6.74. The lowest BCUT2D eigenvalue weighted by Crippen LogP contribution is -2.42. The van der Waals surface area contributed by atoms with Gasteiger partial charge in [0.15, 0.2) is 0 Å². The molecule has 1 aliphatic carbocycles. The Hall–Kier alpha value is -0.960. The van der Waals surface area contributed by atoms with Gasteiger partial charge in [0.25, 0.3) is 0 Å². The van der Waals surface area contributed by atoms with Crippen LogP contribution in [0.25, 0.3) is 0 Å². The van der Waals surface area contributed by atoms with Gasteiger partial charge in [-0.2, -0.15) is 0 Å². The first-order chi connectivity index (χ1) is 8.07. The zero-order valence-corrected chi connectivity index (χ0v) is 11.4. The average molecular weight is 250 g/mol. The molecule has 92 valence electrons. The normalized spacial score (nSPS) is 17.4. The van der Waals surface area contributed by atoms with Gasteiger partial charge in [-0.15, -0.1) is 11.8 Å². The van der Waals surface area contributed by atoms with Crippen LogP contribution in [0.1, 0.15) is 30.4 Å². The van der Waals surface area contributed by atoms with Gasteiger partial charge in [0.2, 0.25) is 0 Å². The van der Waals surface area contributed by atoms with E-state index in [0.29, 0.717) is 0 Å². The molecule has 2 nitrogen and oxygen atoms in total. The highest BCUT2D eigenvalue weighted by atomic mass is 32.2. The molecule has 1 aromatic rings. The minimum absolute atomic E-state index is 0.0769. The Labute approximate surface area is 107 Å². The minimum atomic E-state index is -0.323. The standard InChI is InChI=1S/C14H18O2S/c1-10-5-6-12(9-11(10)2)17-14(7-4-8-14)13(15)16-3/h5-6,9H,4,7-8H2,1-3H3. The number of hydrogen-bond acceptors (Lipinski definition) is 3. The van der Waals surface area contributed by atoms with Crippen LogP contribution in [-0.4, -0.2) is 17.8 Å². The smallest absolute Gasteiger partial charge is 0.322 e. The second-order valence-electron chi connectivity index (χ2n) is 4.69. The predicted molar refractivity (Wildman–Crippen MR) is 70.4 cm³/mol. The van der Waals surface area contributed by atoms with Crippen molar-refractivity contribution in [2.45, 2.75) is 42.8 Å². The van der Waals surface area contributed by atoms with Gasteiger partial charge in [0.1, 0.15) is 4.75 Å². The quantitative estimate of drug-likeness (QED) is 0.768. The minimum Gasteiger partial charge on any atom is -0.468 e. The molecule has 0 unspecified atom stereocenters. The first kappa shape index (κ1) is 12.5. The molecule has 17 heavy (non-hydrogen) atoms. The first-order valence-electron chi connectivity index (χ1n) is 5.92. The van der Waals surface area contributed by atoms with Gasteiger partial charge < -0.3 is 4.74 Å². The Bertz CT molecular complexity index is 436. The molecule has 0 aliphatic heterocycles. The SMILES string of the molecule is COC(=O)C1(Sc2ccc(C)c(C)c2)CCC1. The van der Waals surface area contributed by atoms with E-state index < -0.39 is 0 Å². The summed E-state index contributed by atoms with van der Waals surface area (Å²) >= 11 is 1.66.